The largest absolute Gasteiger partial charge is 0.492 e. The molecular weight excluding hydrogens is 431 g/mol. The first-order valence-electron chi connectivity index (χ1n) is 11.3. The number of ether oxygens (including phenoxy) is 1. The van der Waals surface area contributed by atoms with E-state index in [1.165, 1.54) is 17.0 Å². The molecule has 4 rings (SSSR count). The zero-order chi connectivity index (χ0) is 24.2. The van der Waals surface area contributed by atoms with Crippen molar-refractivity contribution in [2.24, 2.45) is 0 Å². The van der Waals surface area contributed by atoms with Gasteiger partial charge in [0.15, 0.2) is 0 Å². The molecule has 3 aromatic rings. The minimum absolute atomic E-state index is 0.190. The molecule has 174 valence electrons. The maximum absolute atomic E-state index is 13.5. The van der Waals surface area contributed by atoms with Crippen LogP contribution in [0.1, 0.15) is 29.2 Å². The molecule has 1 heterocycles. The van der Waals surface area contributed by atoms with E-state index in [2.05, 4.69) is 5.32 Å². The van der Waals surface area contributed by atoms with E-state index in [1.807, 2.05) is 63.2 Å². The lowest BCUT2D eigenvalue weighted by molar-refractivity contribution is -0.136. The fourth-order valence-corrected chi connectivity index (χ4v) is 3.94. The van der Waals surface area contributed by atoms with Crippen LogP contribution in [0, 0.1) is 19.7 Å². The molecule has 0 bridgehead atoms. The van der Waals surface area contributed by atoms with Crippen molar-refractivity contribution in [3.05, 3.63) is 100 Å². The van der Waals surface area contributed by atoms with Crippen molar-refractivity contribution >= 4 is 23.1 Å². The van der Waals surface area contributed by atoms with Crippen LogP contribution in [-0.4, -0.2) is 29.9 Å². The van der Waals surface area contributed by atoms with Crippen LogP contribution in [0.5, 0.6) is 5.75 Å². The van der Waals surface area contributed by atoms with Crippen LogP contribution < -0.4 is 10.1 Å². The Morgan fingerprint density at radius 3 is 2.35 bits per heavy atom. The number of anilines is 1. The molecule has 0 saturated carbocycles. The summed E-state index contributed by atoms with van der Waals surface area (Å²) in [6.07, 6.45) is 0.431. The van der Waals surface area contributed by atoms with Gasteiger partial charge >= 0.3 is 0 Å². The van der Waals surface area contributed by atoms with Crippen LogP contribution in [0.4, 0.5) is 10.1 Å². The third kappa shape index (κ3) is 4.71. The first-order valence-corrected chi connectivity index (χ1v) is 11.3. The second kappa shape index (κ2) is 9.91. The van der Waals surface area contributed by atoms with Crippen LogP contribution in [-0.2, 0) is 16.0 Å². The van der Waals surface area contributed by atoms with Crippen LogP contribution in [0.25, 0.3) is 5.57 Å². The Labute approximate surface area is 198 Å². The molecule has 0 unspecified atom stereocenters. The number of carbonyl (C=O) groups excluding carboxylic acids is 2. The maximum Gasteiger partial charge on any atom is 0.278 e. The van der Waals surface area contributed by atoms with Crippen LogP contribution in [0.15, 0.2) is 72.4 Å². The molecule has 0 aliphatic carbocycles. The van der Waals surface area contributed by atoms with Crippen LogP contribution >= 0.6 is 0 Å². The molecular formula is C28H27FN2O3. The van der Waals surface area contributed by atoms with Gasteiger partial charge in [-0.1, -0.05) is 42.5 Å². The highest BCUT2D eigenvalue weighted by Crippen LogP contribution is 2.34. The Kier molecular flexibility index (Phi) is 6.77. The van der Waals surface area contributed by atoms with Crippen molar-refractivity contribution in [3.63, 3.8) is 0 Å². The highest BCUT2D eigenvalue weighted by Gasteiger charge is 2.39. The molecule has 6 heteroatoms. The van der Waals surface area contributed by atoms with Crippen molar-refractivity contribution in [2.75, 3.05) is 18.5 Å². The fourth-order valence-electron chi connectivity index (χ4n) is 3.94. The number of halogens is 1. The van der Waals surface area contributed by atoms with E-state index in [1.54, 1.807) is 12.1 Å². The van der Waals surface area contributed by atoms with E-state index in [4.69, 9.17) is 4.74 Å². The predicted octanol–water partition coefficient (Wildman–Crippen LogP) is 5.28. The number of imide groups is 1. The molecule has 0 fully saturated rings. The molecule has 3 aromatic carbocycles. The molecule has 0 aromatic heterocycles. The highest BCUT2D eigenvalue weighted by molar-refractivity contribution is 6.36. The molecule has 1 N–H and O–H groups in total. The van der Waals surface area contributed by atoms with Crippen molar-refractivity contribution in [3.8, 4) is 5.75 Å². The summed E-state index contributed by atoms with van der Waals surface area (Å²) in [4.78, 5) is 28.2. The summed E-state index contributed by atoms with van der Waals surface area (Å²) < 4.78 is 19.0. The van der Waals surface area contributed by atoms with Crippen molar-refractivity contribution in [1.29, 1.82) is 0 Å². The van der Waals surface area contributed by atoms with Gasteiger partial charge in [0, 0.05) is 6.54 Å². The highest BCUT2D eigenvalue weighted by atomic mass is 19.1. The van der Waals surface area contributed by atoms with Gasteiger partial charge in [-0.3, -0.25) is 14.5 Å². The number of para-hydroxylation sites is 2. The van der Waals surface area contributed by atoms with E-state index in [-0.39, 0.29) is 24.0 Å². The minimum atomic E-state index is -0.397. The van der Waals surface area contributed by atoms with Crippen molar-refractivity contribution in [2.45, 2.75) is 27.2 Å². The number of hydrogen-bond acceptors (Lipinski definition) is 4. The lowest BCUT2D eigenvalue weighted by Crippen LogP contribution is -2.34. The standard InChI is InChI=1S/C28H27FN2O3/c1-4-34-24-8-6-5-7-23(24)30-26-25(21-12-9-18(2)19(3)17-21)27(32)31(28(26)33)16-15-20-10-13-22(29)14-11-20/h5-14,17,30H,4,15-16H2,1-3H3. The Balaban J connectivity index is 1.70. The first-order chi connectivity index (χ1) is 16.4. The Bertz CT molecular complexity index is 1260. The lowest BCUT2D eigenvalue weighted by atomic mass is 9.99. The molecule has 1 aliphatic rings. The molecule has 0 spiro atoms. The molecule has 2 amide bonds. The molecule has 5 nitrogen and oxygen atoms in total. The number of hydrogen-bond donors (Lipinski definition) is 1. The minimum Gasteiger partial charge on any atom is -0.492 e. The summed E-state index contributed by atoms with van der Waals surface area (Å²) in [6.45, 7) is 6.53. The second-order valence-electron chi connectivity index (χ2n) is 8.24. The van der Waals surface area contributed by atoms with Gasteiger partial charge in [0.25, 0.3) is 11.8 Å². The van der Waals surface area contributed by atoms with Gasteiger partial charge in [-0.25, -0.2) is 4.39 Å². The third-order valence-corrected chi connectivity index (χ3v) is 5.95. The number of nitrogens with one attached hydrogen (secondary N) is 1. The maximum atomic E-state index is 13.5. The summed E-state index contributed by atoms with van der Waals surface area (Å²) >= 11 is 0. The number of amides is 2. The number of aryl methyl sites for hydroxylation is 2. The number of carbonyl (C=O) groups is 2. The average molecular weight is 459 g/mol. The SMILES string of the molecule is CCOc1ccccc1NC1=C(c2ccc(C)c(C)c2)C(=O)N(CCc2ccc(F)cc2)C1=O. The molecule has 34 heavy (non-hydrogen) atoms. The first kappa shape index (κ1) is 23.2. The van der Waals surface area contributed by atoms with Gasteiger partial charge in [-0.05, 0) is 73.7 Å². The Hall–Kier alpha value is -3.93. The monoisotopic (exact) mass is 458 g/mol. The van der Waals surface area contributed by atoms with Gasteiger partial charge in [0.05, 0.1) is 17.9 Å². The topological polar surface area (TPSA) is 58.6 Å². The summed E-state index contributed by atoms with van der Waals surface area (Å²) in [5.74, 6) is -0.476. The van der Waals surface area contributed by atoms with E-state index in [0.29, 0.717) is 35.6 Å². The Morgan fingerprint density at radius 1 is 0.912 bits per heavy atom. The predicted molar refractivity (Wildman–Crippen MR) is 131 cm³/mol. The number of rotatable bonds is 8. The summed E-state index contributed by atoms with van der Waals surface area (Å²) in [5, 5.41) is 3.19. The van der Waals surface area contributed by atoms with E-state index < -0.39 is 5.91 Å². The van der Waals surface area contributed by atoms with Gasteiger partial charge in [0.1, 0.15) is 17.3 Å². The van der Waals surface area contributed by atoms with Crippen molar-refractivity contribution < 1.29 is 18.7 Å². The molecule has 0 radical (unpaired) electrons. The third-order valence-electron chi connectivity index (χ3n) is 5.95. The zero-order valence-electron chi connectivity index (χ0n) is 19.5. The van der Waals surface area contributed by atoms with E-state index in [0.717, 1.165) is 16.7 Å². The zero-order valence-corrected chi connectivity index (χ0v) is 19.5. The summed E-state index contributed by atoms with van der Waals surface area (Å²) in [5.41, 5.74) is 4.83. The normalized spacial score (nSPS) is 13.6. The number of nitrogens with zero attached hydrogens (tertiary/aromatic N) is 1. The summed E-state index contributed by atoms with van der Waals surface area (Å²) in [7, 11) is 0. The summed E-state index contributed by atoms with van der Waals surface area (Å²) in [6, 6.07) is 19.1. The lowest BCUT2D eigenvalue weighted by Gasteiger charge is -2.16. The average Bonchev–Trinajstić information content (AvgIpc) is 3.06. The molecule has 1 aliphatic heterocycles. The van der Waals surface area contributed by atoms with Gasteiger partial charge in [0.2, 0.25) is 0 Å². The van der Waals surface area contributed by atoms with Crippen LogP contribution in [0.3, 0.4) is 0 Å². The van der Waals surface area contributed by atoms with Gasteiger partial charge < -0.3 is 10.1 Å². The second-order valence-corrected chi connectivity index (χ2v) is 8.24. The van der Waals surface area contributed by atoms with Gasteiger partial charge in [-0.2, -0.15) is 0 Å². The van der Waals surface area contributed by atoms with E-state index >= 15 is 0 Å². The van der Waals surface area contributed by atoms with Crippen molar-refractivity contribution in [1.82, 2.24) is 4.90 Å². The smallest absolute Gasteiger partial charge is 0.278 e. The molecule has 0 saturated heterocycles. The quantitative estimate of drug-likeness (QED) is 0.467. The number of benzene rings is 3. The van der Waals surface area contributed by atoms with E-state index in [9.17, 15) is 14.0 Å². The molecule has 0 atom stereocenters. The Morgan fingerprint density at radius 2 is 1.65 bits per heavy atom. The van der Waals surface area contributed by atoms with Crippen LogP contribution in [0.2, 0.25) is 0 Å². The van der Waals surface area contributed by atoms with Gasteiger partial charge in [-0.15, -0.1) is 0 Å². The fraction of sp³-hybridized carbons (Fsp3) is 0.214.